The molecule has 2 atom stereocenters. The first kappa shape index (κ1) is 15.2. The molecule has 1 amide bonds. The number of benzene rings is 1. The third-order valence-corrected chi connectivity index (χ3v) is 4.26. The minimum absolute atomic E-state index is 0.157. The van der Waals surface area contributed by atoms with Crippen molar-refractivity contribution in [3.63, 3.8) is 0 Å². The molecular weight excluding hydrogens is 293 g/mol. The second-order valence-corrected chi connectivity index (χ2v) is 5.81. The molecule has 1 fully saturated rings. The van der Waals surface area contributed by atoms with E-state index in [1.54, 1.807) is 23.1 Å². The molecule has 0 radical (unpaired) electrons. The lowest BCUT2D eigenvalue weighted by atomic mass is 9.95. The molecule has 0 unspecified atom stereocenters. The van der Waals surface area contributed by atoms with E-state index in [2.05, 4.69) is 11.9 Å². The molecule has 1 aliphatic rings. The van der Waals surface area contributed by atoms with Gasteiger partial charge in [0.15, 0.2) is 0 Å². The lowest BCUT2D eigenvalue weighted by Gasteiger charge is -2.27. The van der Waals surface area contributed by atoms with Gasteiger partial charge in [0.1, 0.15) is 17.6 Å². The van der Waals surface area contributed by atoms with E-state index in [9.17, 15) is 9.18 Å². The SMILES string of the molecule is C[C@@H]1CCN(C(=O)c2ccc(C#N)cn2)[C@H]1c1cccc(F)c1. The van der Waals surface area contributed by atoms with Crippen molar-refractivity contribution in [2.45, 2.75) is 19.4 Å². The Morgan fingerprint density at radius 3 is 2.87 bits per heavy atom. The van der Waals surface area contributed by atoms with Crippen LogP contribution in [0.25, 0.3) is 0 Å². The summed E-state index contributed by atoms with van der Waals surface area (Å²) in [5.41, 5.74) is 1.52. The Morgan fingerprint density at radius 2 is 2.22 bits per heavy atom. The molecule has 1 saturated heterocycles. The van der Waals surface area contributed by atoms with Crippen LogP contribution in [0, 0.1) is 23.1 Å². The largest absolute Gasteiger partial charge is 0.330 e. The van der Waals surface area contributed by atoms with Crippen molar-refractivity contribution in [1.29, 1.82) is 5.26 Å². The topological polar surface area (TPSA) is 57.0 Å². The van der Waals surface area contributed by atoms with Gasteiger partial charge in [0.25, 0.3) is 5.91 Å². The fourth-order valence-corrected chi connectivity index (χ4v) is 3.11. The van der Waals surface area contributed by atoms with Crippen LogP contribution in [0.2, 0.25) is 0 Å². The van der Waals surface area contributed by atoms with E-state index in [0.29, 0.717) is 17.8 Å². The Hall–Kier alpha value is -2.74. The minimum atomic E-state index is -0.300. The third kappa shape index (κ3) is 2.93. The molecule has 1 aromatic carbocycles. The number of hydrogen-bond donors (Lipinski definition) is 0. The highest BCUT2D eigenvalue weighted by molar-refractivity contribution is 5.92. The van der Waals surface area contributed by atoms with Crippen LogP contribution in [-0.4, -0.2) is 22.3 Å². The van der Waals surface area contributed by atoms with Crippen LogP contribution in [0.4, 0.5) is 4.39 Å². The maximum atomic E-state index is 13.5. The van der Waals surface area contributed by atoms with Gasteiger partial charge in [0, 0.05) is 12.7 Å². The summed E-state index contributed by atoms with van der Waals surface area (Å²) in [6.45, 7) is 2.68. The second-order valence-electron chi connectivity index (χ2n) is 5.81. The minimum Gasteiger partial charge on any atom is -0.330 e. The third-order valence-electron chi connectivity index (χ3n) is 4.26. The lowest BCUT2D eigenvalue weighted by Crippen LogP contribution is -2.32. The Bertz CT molecular complexity index is 767. The first-order chi connectivity index (χ1) is 11.1. The van der Waals surface area contributed by atoms with E-state index in [-0.39, 0.29) is 23.7 Å². The van der Waals surface area contributed by atoms with Crippen LogP contribution < -0.4 is 0 Å². The average molecular weight is 309 g/mol. The lowest BCUT2D eigenvalue weighted by molar-refractivity contribution is 0.0714. The average Bonchev–Trinajstić information content (AvgIpc) is 2.96. The van der Waals surface area contributed by atoms with Gasteiger partial charge in [0.05, 0.1) is 11.6 Å². The zero-order chi connectivity index (χ0) is 16.4. The first-order valence-corrected chi connectivity index (χ1v) is 7.52. The number of rotatable bonds is 2. The van der Waals surface area contributed by atoms with Gasteiger partial charge in [-0.05, 0) is 42.2 Å². The standard InChI is InChI=1S/C18H16FN3O/c1-12-7-8-22(17(12)14-3-2-4-15(19)9-14)18(23)16-6-5-13(10-20)11-21-16/h2-6,9,11-12,17H,7-8H2,1H3/t12-,17-/m1/s1. The van der Waals surface area contributed by atoms with Crippen LogP contribution in [0.3, 0.4) is 0 Å². The van der Waals surface area contributed by atoms with Crippen LogP contribution >= 0.6 is 0 Å². The number of nitriles is 1. The van der Waals surface area contributed by atoms with Crippen LogP contribution in [0.15, 0.2) is 42.6 Å². The summed E-state index contributed by atoms with van der Waals surface area (Å²) in [6.07, 6.45) is 2.26. The fraction of sp³-hybridized carbons (Fsp3) is 0.278. The van der Waals surface area contributed by atoms with E-state index >= 15 is 0 Å². The summed E-state index contributed by atoms with van der Waals surface area (Å²) in [5, 5.41) is 8.81. The Kier molecular flexibility index (Phi) is 4.07. The molecule has 1 aromatic heterocycles. The van der Waals surface area contributed by atoms with Crippen LogP contribution in [0.5, 0.6) is 0 Å². The highest BCUT2D eigenvalue weighted by Gasteiger charge is 2.36. The zero-order valence-electron chi connectivity index (χ0n) is 12.7. The summed E-state index contributed by atoms with van der Waals surface area (Å²) in [4.78, 5) is 18.6. The van der Waals surface area contributed by atoms with Gasteiger partial charge in [-0.2, -0.15) is 5.26 Å². The number of likely N-dealkylation sites (tertiary alicyclic amines) is 1. The number of pyridine rings is 1. The predicted molar refractivity (Wildman–Crippen MR) is 82.9 cm³/mol. The summed E-state index contributed by atoms with van der Waals surface area (Å²) in [6, 6.07) is 11.4. The number of amides is 1. The van der Waals surface area contributed by atoms with Gasteiger partial charge in [-0.15, -0.1) is 0 Å². The molecule has 3 rings (SSSR count). The van der Waals surface area contributed by atoms with Crippen molar-refractivity contribution in [3.8, 4) is 6.07 Å². The van der Waals surface area contributed by atoms with Crippen molar-refractivity contribution in [2.24, 2.45) is 5.92 Å². The Morgan fingerprint density at radius 1 is 1.39 bits per heavy atom. The van der Waals surface area contributed by atoms with Gasteiger partial charge in [0.2, 0.25) is 0 Å². The van der Waals surface area contributed by atoms with Crippen LogP contribution in [-0.2, 0) is 0 Å². The molecule has 0 bridgehead atoms. The van der Waals surface area contributed by atoms with Crippen molar-refractivity contribution in [2.75, 3.05) is 6.54 Å². The molecular formula is C18H16FN3O. The van der Waals surface area contributed by atoms with Gasteiger partial charge in [-0.1, -0.05) is 19.1 Å². The van der Waals surface area contributed by atoms with E-state index in [1.807, 2.05) is 12.1 Å². The predicted octanol–water partition coefficient (Wildman–Crippen LogP) is 3.32. The van der Waals surface area contributed by atoms with Gasteiger partial charge in [-0.25, -0.2) is 9.37 Å². The van der Waals surface area contributed by atoms with E-state index < -0.39 is 0 Å². The highest BCUT2D eigenvalue weighted by Crippen LogP contribution is 2.37. The number of hydrogen-bond acceptors (Lipinski definition) is 3. The quantitative estimate of drug-likeness (QED) is 0.855. The van der Waals surface area contributed by atoms with Crippen molar-refractivity contribution in [3.05, 3.63) is 65.2 Å². The number of aromatic nitrogens is 1. The van der Waals surface area contributed by atoms with Crippen molar-refractivity contribution in [1.82, 2.24) is 9.88 Å². The highest BCUT2D eigenvalue weighted by atomic mass is 19.1. The number of halogens is 1. The van der Waals surface area contributed by atoms with E-state index in [0.717, 1.165) is 12.0 Å². The summed E-state index contributed by atoms with van der Waals surface area (Å²) in [7, 11) is 0. The molecule has 2 aromatic rings. The summed E-state index contributed by atoms with van der Waals surface area (Å²) in [5.74, 6) is -0.238. The molecule has 2 heterocycles. The molecule has 1 aliphatic heterocycles. The summed E-state index contributed by atoms with van der Waals surface area (Å²) < 4.78 is 13.5. The molecule has 116 valence electrons. The Labute approximate surface area is 134 Å². The van der Waals surface area contributed by atoms with Crippen molar-refractivity contribution < 1.29 is 9.18 Å². The van der Waals surface area contributed by atoms with Crippen molar-refractivity contribution >= 4 is 5.91 Å². The zero-order valence-corrected chi connectivity index (χ0v) is 12.7. The maximum Gasteiger partial charge on any atom is 0.272 e. The fourth-order valence-electron chi connectivity index (χ4n) is 3.11. The molecule has 5 heteroatoms. The van der Waals surface area contributed by atoms with Gasteiger partial charge in [-0.3, -0.25) is 4.79 Å². The number of carbonyl (C=O) groups is 1. The number of nitrogens with zero attached hydrogens (tertiary/aromatic N) is 3. The Balaban J connectivity index is 1.90. The van der Waals surface area contributed by atoms with Gasteiger partial charge < -0.3 is 4.90 Å². The van der Waals surface area contributed by atoms with E-state index in [4.69, 9.17) is 5.26 Å². The number of carbonyl (C=O) groups excluding carboxylic acids is 1. The molecule has 0 spiro atoms. The molecule has 4 nitrogen and oxygen atoms in total. The monoisotopic (exact) mass is 309 g/mol. The molecule has 0 N–H and O–H groups in total. The molecule has 23 heavy (non-hydrogen) atoms. The van der Waals surface area contributed by atoms with E-state index in [1.165, 1.54) is 18.3 Å². The molecule has 0 aliphatic carbocycles. The summed E-state index contributed by atoms with van der Waals surface area (Å²) >= 11 is 0. The van der Waals surface area contributed by atoms with Gasteiger partial charge >= 0.3 is 0 Å². The molecule has 0 saturated carbocycles. The first-order valence-electron chi connectivity index (χ1n) is 7.52. The van der Waals surface area contributed by atoms with Crippen LogP contribution in [0.1, 0.15) is 41.0 Å². The smallest absolute Gasteiger partial charge is 0.272 e. The second kappa shape index (κ2) is 6.17. The normalized spacial score (nSPS) is 20.3. The maximum absolute atomic E-state index is 13.5.